The van der Waals surface area contributed by atoms with Gasteiger partial charge in [0.2, 0.25) is 6.79 Å². The van der Waals surface area contributed by atoms with Crippen LogP contribution in [0.5, 0.6) is 17.2 Å². The molecule has 1 atom stereocenters. The van der Waals surface area contributed by atoms with Gasteiger partial charge >= 0.3 is 5.97 Å². The van der Waals surface area contributed by atoms with E-state index in [2.05, 4.69) is 5.32 Å². The number of carbonyl (C=O) groups is 2. The van der Waals surface area contributed by atoms with Crippen molar-refractivity contribution in [2.45, 2.75) is 19.6 Å². The lowest BCUT2D eigenvalue weighted by atomic mass is 10.2. The van der Waals surface area contributed by atoms with Crippen LogP contribution in [0.3, 0.4) is 0 Å². The smallest absolute Gasteiger partial charge is 0.331 e. The van der Waals surface area contributed by atoms with Crippen LogP contribution < -0.4 is 19.5 Å². The van der Waals surface area contributed by atoms with Crippen LogP contribution in [0.15, 0.2) is 48.5 Å². The zero-order valence-electron chi connectivity index (χ0n) is 15.6. The first kappa shape index (κ1) is 19.3. The maximum Gasteiger partial charge on any atom is 0.331 e. The number of carbonyl (C=O) groups excluding carboxylic acids is 2. The van der Waals surface area contributed by atoms with Gasteiger partial charge < -0.3 is 24.3 Å². The van der Waals surface area contributed by atoms with Crippen molar-refractivity contribution in [2.75, 3.05) is 13.9 Å². The van der Waals surface area contributed by atoms with E-state index in [1.807, 2.05) is 24.3 Å². The van der Waals surface area contributed by atoms with Crippen molar-refractivity contribution >= 4 is 18.0 Å². The van der Waals surface area contributed by atoms with E-state index in [4.69, 9.17) is 18.9 Å². The van der Waals surface area contributed by atoms with Gasteiger partial charge in [0.15, 0.2) is 17.6 Å². The Morgan fingerprint density at radius 2 is 1.96 bits per heavy atom. The van der Waals surface area contributed by atoms with Crippen molar-refractivity contribution in [3.8, 4) is 17.2 Å². The Labute approximate surface area is 162 Å². The fraction of sp³-hybridized carbons (Fsp3) is 0.238. The van der Waals surface area contributed by atoms with Crippen molar-refractivity contribution in [3.63, 3.8) is 0 Å². The number of ether oxygens (including phenoxy) is 4. The molecule has 0 unspecified atom stereocenters. The van der Waals surface area contributed by atoms with Crippen LogP contribution in [0, 0.1) is 0 Å². The minimum Gasteiger partial charge on any atom is -0.496 e. The number of hydrogen-bond acceptors (Lipinski definition) is 6. The second-order valence-corrected chi connectivity index (χ2v) is 6.06. The number of esters is 1. The van der Waals surface area contributed by atoms with Gasteiger partial charge in [-0.3, -0.25) is 4.79 Å². The Morgan fingerprint density at radius 1 is 1.18 bits per heavy atom. The summed E-state index contributed by atoms with van der Waals surface area (Å²) in [5, 5.41) is 2.73. The molecule has 1 aliphatic rings. The van der Waals surface area contributed by atoms with Gasteiger partial charge in [0.1, 0.15) is 5.75 Å². The van der Waals surface area contributed by atoms with Gasteiger partial charge in [-0.15, -0.1) is 0 Å². The number of para-hydroxylation sites is 1. The molecule has 0 radical (unpaired) electrons. The molecule has 1 N–H and O–H groups in total. The highest BCUT2D eigenvalue weighted by molar-refractivity contribution is 5.90. The van der Waals surface area contributed by atoms with Gasteiger partial charge in [0.25, 0.3) is 5.91 Å². The quantitative estimate of drug-likeness (QED) is 0.585. The molecule has 28 heavy (non-hydrogen) atoms. The lowest BCUT2D eigenvalue weighted by Crippen LogP contribution is -2.35. The zero-order chi connectivity index (χ0) is 19.9. The van der Waals surface area contributed by atoms with Crippen LogP contribution in [-0.4, -0.2) is 31.9 Å². The van der Waals surface area contributed by atoms with Crippen molar-refractivity contribution in [2.24, 2.45) is 0 Å². The standard InChI is InChI=1S/C21H21NO6/c1-14(28-20(23)10-8-16-5-3-4-6-17(16)25-2)21(24)22-12-15-7-9-18-19(11-15)27-13-26-18/h3-11,14H,12-13H2,1-2H3,(H,22,24)/b10-8+/t14-/m0/s1. The molecule has 7 heteroatoms. The van der Waals surface area contributed by atoms with E-state index in [1.54, 1.807) is 31.4 Å². The highest BCUT2D eigenvalue weighted by atomic mass is 16.7. The second kappa shape index (κ2) is 8.94. The Kier molecular flexibility index (Phi) is 6.16. The van der Waals surface area contributed by atoms with Gasteiger partial charge in [-0.05, 0) is 36.8 Å². The largest absolute Gasteiger partial charge is 0.496 e. The van der Waals surface area contributed by atoms with Crippen LogP contribution in [0.2, 0.25) is 0 Å². The Bertz CT molecular complexity index is 892. The molecule has 2 aromatic carbocycles. The van der Waals surface area contributed by atoms with Crippen LogP contribution in [0.1, 0.15) is 18.1 Å². The molecule has 0 aromatic heterocycles. The van der Waals surface area contributed by atoms with E-state index in [0.29, 0.717) is 17.2 Å². The maximum absolute atomic E-state index is 12.2. The molecular weight excluding hydrogens is 362 g/mol. The fourth-order valence-electron chi connectivity index (χ4n) is 2.61. The summed E-state index contributed by atoms with van der Waals surface area (Å²) >= 11 is 0. The molecule has 1 amide bonds. The Balaban J connectivity index is 1.49. The van der Waals surface area contributed by atoms with E-state index in [0.717, 1.165) is 11.1 Å². The number of rotatable bonds is 7. The van der Waals surface area contributed by atoms with E-state index in [9.17, 15) is 9.59 Å². The van der Waals surface area contributed by atoms with Crippen LogP contribution in [-0.2, 0) is 20.9 Å². The molecule has 0 spiro atoms. The summed E-state index contributed by atoms with van der Waals surface area (Å²) in [5.74, 6) is 0.960. The third-order valence-corrected chi connectivity index (χ3v) is 4.10. The number of nitrogens with one attached hydrogen (secondary N) is 1. The van der Waals surface area contributed by atoms with Gasteiger partial charge in [0, 0.05) is 18.2 Å². The van der Waals surface area contributed by atoms with Crippen LogP contribution in [0.25, 0.3) is 6.08 Å². The Hall–Kier alpha value is -3.48. The first-order chi connectivity index (χ1) is 13.6. The molecule has 0 aliphatic carbocycles. The van der Waals surface area contributed by atoms with E-state index < -0.39 is 18.0 Å². The van der Waals surface area contributed by atoms with Crippen LogP contribution in [0.4, 0.5) is 0 Å². The minimum absolute atomic E-state index is 0.195. The maximum atomic E-state index is 12.2. The molecular formula is C21H21NO6. The average molecular weight is 383 g/mol. The van der Waals surface area contributed by atoms with Gasteiger partial charge in [-0.25, -0.2) is 4.79 Å². The average Bonchev–Trinajstić information content (AvgIpc) is 3.18. The molecule has 1 heterocycles. The summed E-state index contributed by atoms with van der Waals surface area (Å²) < 4.78 is 20.9. The van der Waals surface area contributed by atoms with E-state index >= 15 is 0 Å². The number of amides is 1. The molecule has 7 nitrogen and oxygen atoms in total. The normalized spacial score (nSPS) is 13.2. The summed E-state index contributed by atoms with van der Waals surface area (Å²) in [4.78, 5) is 24.1. The summed E-state index contributed by atoms with van der Waals surface area (Å²) in [6, 6.07) is 12.7. The lowest BCUT2D eigenvalue weighted by molar-refractivity contribution is -0.150. The highest BCUT2D eigenvalue weighted by Crippen LogP contribution is 2.32. The SMILES string of the molecule is COc1ccccc1/C=C/C(=O)O[C@@H](C)C(=O)NCc1ccc2c(c1)OCO2. The summed E-state index contributed by atoms with van der Waals surface area (Å²) in [6.07, 6.45) is 1.92. The number of hydrogen-bond donors (Lipinski definition) is 1. The molecule has 0 saturated heterocycles. The summed E-state index contributed by atoms with van der Waals surface area (Å²) in [6.45, 7) is 2.00. The number of methoxy groups -OCH3 is 1. The molecule has 1 aliphatic heterocycles. The molecule has 0 fully saturated rings. The van der Waals surface area contributed by atoms with Crippen molar-refractivity contribution in [3.05, 3.63) is 59.7 Å². The van der Waals surface area contributed by atoms with E-state index in [-0.39, 0.29) is 13.3 Å². The summed E-state index contributed by atoms with van der Waals surface area (Å²) in [7, 11) is 1.55. The third-order valence-electron chi connectivity index (χ3n) is 4.10. The monoisotopic (exact) mass is 383 g/mol. The first-order valence-electron chi connectivity index (χ1n) is 8.75. The summed E-state index contributed by atoms with van der Waals surface area (Å²) in [5.41, 5.74) is 1.59. The molecule has 146 valence electrons. The predicted molar refractivity (Wildman–Crippen MR) is 102 cm³/mol. The molecule has 0 bridgehead atoms. The fourth-order valence-corrected chi connectivity index (χ4v) is 2.61. The van der Waals surface area contributed by atoms with Gasteiger partial charge in [0.05, 0.1) is 7.11 Å². The Morgan fingerprint density at radius 3 is 2.79 bits per heavy atom. The van der Waals surface area contributed by atoms with Crippen molar-refractivity contribution in [1.82, 2.24) is 5.32 Å². The van der Waals surface area contributed by atoms with Crippen LogP contribution >= 0.6 is 0 Å². The zero-order valence-corrected chi connectivity index (χ0v) is 15.6. The van der Waals surface area contributed by atoms with Gasteiger partial charge in [-0.2, -0.15) is 0 Å². The minimum atomic E-state index is -0.927. The molecule has 0 saturated carbocycles. The third kappa shape index (κ3) is 4.82. The highest BCUT2D eigenvalue weighted by Gasteiger charge is 2.17. The number of benzene rings is 2. The van der Waals surface area contributed by atoms with Crippen molar-refractivity contribution < 1.29 is 28.5 Å². The van der Waals surface area contributed by atoms with Crippen molar-refractivity contribution in [1.29, 1.82) is 0 Å². The molecule has 3 rings (SSSR count). The second-order valence-electron chi connectivity index (χ2n) is 6.06. The van der Waals surface area contributed by atoms with Gasteiger partial charge in [-0.1, -0.05) is 24.3 Å². The molecule has 2 aromatic rings. The topological polar surface area (TPSA) is 83.1 Å². The lowest BCUT2D eigenvalue weighted by Gasteiger charge is -2.12. The first-order valence-corrected chi connectivity index (χ1v) is 8.75. The van der Waals surface area contributed by atoms with E-state index in [1.165, 1.54) is 13.0 Å². The number of fused-ring (bicyclic) bond motifs is 1. The predicted octanol–water partition coefficient (Wildman–Crippen LogP) is 2.69.